The summed E-state index contributed by atoms with van der Waals surface area (Å²) in [6.45, 7) is 1.90. The third kappa shape index (κ3) is 3.78. The van der Waals surface area contributed by atoms with Crippen molar-refractivity contribution in [1.29, 1.82) is 0 Å². The SMILES string of the molecule is Cc1cc(-c2nnc3cc(-c4ccnc(Nc5ccnn5C)n4)ccn23)n(-c2ccc(F)cc2)n1. The normalized spacial score (nSPS) is 11.3. The second kappa shape index (κ2) is 8.13. The maximum Gasteiger partial charge on any atom is 0.228 e. The number of pyridine rings is 1. The Labute approximate surface area is 198 Å². The molecule has 10 nitrogen and oxygen atoms in total. The molecule has 172 valence electrons. The molecule has 0 saturated carbocycles. The second-order valence-corrected chi connectivity index (χ2v) is 7.96. The molecule has 0 unspecified atom stereocenters. The smallest absolute Gasteiger partial charge is 0.228 e. The average Bonchev–Trinajstić information content (AvgIpc) is 3.58. The minimum absolute atomic E-state index is 0.303. The lowest BCUT2D eigenvalue weighted by Gasteiger charge is -2.08. The summed E-state index contributed by atoms with van der Waals surface area (Å²) in [4.78, 5) is 8.93. The van der Waals surface area contributed by atoms with Crippen molar-refractivity contribution in [1.82, 2.24) is 44.1 Å². The first-order valence-corrected chi connectivity index (χ1v) is 10.8. The van der Waals surface area contributed by atoms with E-state index in [1.54, 1.807) is 33.9 Å². The van der Waals surface area contributed by atoms with Crippen LogP contribution in [0, 0.1) is 12.7 Å². The van der Waals surface area contributed by atoms with Crippen molar-refractivity contribution >= 4 is 17.4 Å². The number of nitrogens with one attached hydrogen (secondary N) is 1. The van der Waals surface area contributed by atoms with Gasteiger partial charge in [-0.3, -0.25) is 9.08 Å². The lowest BCUT2D eigenvalue weighted by molar-refractivity contribution is 0.627. The molecule has 0 atom stereocenters. The van der Waals surface area contributed by atoms with Gasteiger partial charge in [0.2, 0.25) is 5.95 Å². The summed E-state index contributed by atoms with van der Waals surface area (Å²) in [6, 6.07) is 15.6. The van der Waals surface area contributed by atoms with Gasteiger partial charge in [0.25, 0.3) is 0 Å². The highest BCUT2D eigenvalue weighted by molar-refractivity contribution is 5.67. The Morgan fingerprint density at radius 2 is 1.80 bits per heavy atom. The van der Waals surface area contributed by atoms with Gasteiger partial charge < -0.3 is 5.32 Å². The van der Waals surface area contributed by atoms with E-state index < -0.39 is 0 Å². The van der Waals surface area contributed by atoms with E-state index in [0.29, 0.717) is 17.4 Å². The number of hydrogen-bond donors (Lipinski definition) is 1. The largest absolute Gasteiger partial charge is 0.309 e. The molecule has 0 aliphatic carbocycles. The highest BCUT2D eigenvalue weighted by Crippen LogP contribution is 2.26. The lowest BCUT2D eigenvalue weighted by atomic mass is 10.2. The van der Waals surface area contributed by atoms with Crippen LogP contribution in [0.15, 0.2) is 73.2 Å². The standard InChI is InChI=1S/C24H19FN10/c1-15-13-20(35(32-15)18-5-3-17(25)4-6-18)23-31-30-22-14-16(9-12-34(22)23)19-7-10-26-24(28-19)29-21-8-11-27-33(21)2/h3-14H,1-2H3,(H,26,28,29). The molecule has 0 amide bonds. The minimum Gasteiger partial charge on any atom is -0.309 e. The van der Waals surface area contributed by atoms with Gasteiger partial charge in [-0.15, -0.1) is 10.2 Å². The zero-order valence-corrected chi connectivity index (χ0v) is 18.8. The predicted molar refractivity (Wildman–Crippen MR) is 128 cm³/mol. The molecule has 0 radical (unpaired) electrons. The number of nitrogens with zero attached hydrogens (tertiary/aromatic N) is 9. The predicted octanol–water partition coefficient (Wildman–Crippen LogP) is 3.96. The number of aryl methyl sites for hydroxylation is 2. The van der Waals surface area contributed by atoms with Gasteiger partial charge in [-0.2, -0.15) is 10.2 Å². The van der Waals surface area contributed by atoms with Crippen LogP contribution in [0.3, 0.4) is 0 Å². The molecule has 0 fully saturated rings. The number of aromatic nitrogens is 9. The molecule has 0 saturated heterocycles. The summed E-state index contributed by atoms with van der Waals surface area (Å²) in [5.74, 6) is 1.57. The fourth-order valence-corrected chi connectivity index (χ4v) is 3.85. The van der Waals surface area contributed by atoms with Crippen LogP contribution in [0.2, 0.25) is 0 Å². The van der Waals surface area contributed by atoms with E-state index in [1.807, 2.05) is 54.9 Å². The molecule has 0 aliphatic heterocycles. The van der Waals surface area contributed by atoms with Crippen molar-refractivity contribution in [2.45, 2.75) is 6.92 Å². The highest BCUT2D eigenvalue weighted by atomic mass is 19.1. The van der Waals surface area contributed by atoms with E-state index >= 15 is 0 Å². The van der Waals surface area contributed by atoms with Gasteiger partial charge in [-0.1, -0.05) is 0 Å². The number of benzene rings is 1. The molecule has 0 bridgehead atoms. The van der Waals surface area contributed by atoms with E-state index in [4.69, 9.17) is 0 Å². The van der Waals surface area contributed by atoms with Crippen LogP contribution in [-0.4, -0.2) is 44.1 Å². The average molecular weight is 466 g/mol. The first kappa shape index (κ1) is 20.7. The molecule has 1 N–H and O–H groups in total. The van der Waals surface area contributed by atoms with Crippen LogP contribution in [0.1, 0.15) is 5.69 Å². The van der Waals surface area contributed by atoms with Crippen LogP contribution < -0.4 is 5.32 Å². The second-order valence-electron chi connectivity index (χ2n) is 7.96. The summed E-state index contributed by atoms with van der Waals surface area (Å²) in [6.07, 6.45) is 5.30. The first-order chi connectivity index (χ1) is 17.0. The van der Waals surface area contributed by atoms with Gasteiger partial charge in [0.05, 0.1) is 23.3 Å². The molecule has 6 aromatic rings. The number of hydrogen-bond acceptors (Lipinski definition) is 7. The van der Waals surface area contributed by atoms with Crippen molar-refractivity contribution in [3.05, 3.63) is 84.7 Å². The van der Waals surface area contributed by atoms with E-state index in [9.17, 15) is 4.39 Å². The van der Waals surface area contributed by atoms with Crippen molar-refractivity contribution in [2.75, 3.05) is 5.32 Å². The zero-order valence-electron chi connectivity index (χ0n) is 18.8. The Hall–Kier alpha value is -4.93. The molecule has 1 aromatic carbocycles. The van der Waals surface area contributed by atoms with Crippen molar-refractivity contribution < 1.29 is 4.39 Å². The van der Waals surface area contributed by atoms with Crippen molar-refractivity contribution in [2.24, 2.45) is 7.05 Å². The van der Waals surface area contributed by atoms with Crippen LogP contribution in [0.4, 0.5) is 16.2 Å². The van der Waals surface area contributed by atoms with Gasteiger partial charge in [-0.05, 0) is 55.5 Å². The molecule has 0 aliphatic rings. The summed E-state index contributed by atoms with van der Waals surface area (Å²) >= 11 is 0. The van der Waals surface area contributed by atoms with E-state index in [-0.39, 0.29) is 5.82 Å². The van der Waals surface area contributed by atoms with Gasteiger partial charge in [0.1, 0.15) is 17.3 Å². The van der Waals surface area contributed by atoms with Crippen LogP contribution >= 0.6 is 0 Å². The molecule has 5 aromatic heterocycles. The molecule has 6 rings (SSSR count). The molecule has 11 heteroatoms. The van der Waals surface area contributed by atoms with E-state index in [2.05, 4.69) is 35.7 Å². The molecular formula is C24H19FN10. The number of halogens is 1. The Kier molecular flexibility index (Phi) is 4.80. The quantitative estimate of drug-likeness (QED) is 0.410. The Bertz CT molecular complexity index is 1660. The maximum absolute atomic E-state index is 13.4. The van der Waals surface area contributed by atoms with Crippen LogP contribution in [0.5, 0.6) is 0 Å². The summed E-state index contributed by atoms with van der Waals surface area (Å²) in [5, 5.41) is 20.7. The summed E-state index contributed by atoms with van der Waals surface area (Å²) in [5.41, 5.74) is 4.56. The summed E-state index contributed by atoms with van der Waals surface area (Å²) in [7, 11) is 1.84. The van der Waals surface area contributed by atoms with Gasteiger partial charge in [0.15, 0.2) is 11.5 Å². The fraction of sp³-hybridized carbons (Fsp3) is 0.0833. The summed E-state index contributed by atoms with van der Waals surface area (Å²) < 4.78 is 18.8. The van der Waals surface area contributed by atoms with Crippen LogP contribution in [-0.2, 0) is 7.05 Å². The maximum atomic E-state index is 13.4. The highest BCUT2D eigenvalue weighted by Gasteiger charge is 2.17. The number of fused-ring (bicyclic) bond motifs is 1. The Balaban J connectivity index is 1.37. The van der Waals surface area contributed by atoms with Crippen molar-refractivity contribution in [3.8, 4) is 28.5 Å². The monoisotopic (exact) mass is 466 g/mol. The minimum atomic E-state index is -0.303. The number of anilines is 2. The van der Waals surface area contributed by atoms with Crippen LogP contribution in [0.25, 0.3) is 34.1 Å². The molecular weight excluding hydrogens is 447 g/mol. The molecule has 0 spiro atoms. The van der Waals surface area contributed by atoms with Gasteiger partial charge in [0, 0.05) is 31.1 Å². The Morgan fingerprint density at radius 1 is 0.943 bits per heavy atom. The van der Waals surface area contributed by atoms with Gasteiger partial charge >= 0.3 is 0 Å². The van der Waals surface area contributed by atoms with Crippen molar-refractivity contribution in [3.63, 3.8) is 0 Å². The first-order valence-electron chi connectivity index (χ1n) is 10.8. The Morgan fingerprint density at radius 3 is 2.60 bits per heavy atom. The topological polar surface area (TPSA) is 104 Å². The molecule has 5 heterocycles. The number of rotatable bonds is 5. The fourth-order valence-electron chi connectivity index (χ4n) is 3.85. The van der Waals surface area contributed by atoms with E-state index in [1.165, 1.54) is 12.1 Å². The zero-order chi connectivity index (χ0) is 23.9. The third-order valence-corrected chi connectivity index (χ3v) is 5.55. The molecule has 35 heavy (non-hydrogen) atoms. The lowest BCUT2D eigenvalue weighted by Crippen LogP contribution is -2.03. The third-order valence-electron chi connectivity index (χ3n) is 5.55. The van der Waals surface area contributed by atoms with E-state index in [0.717, 1.165) is 34.2 Å². The van der Waals surface area contributed by atoms with Gasteiger partial charge in [-0.25, -0.2) is 19.0 Å².